The van der Waals surface area contributed by atoms with Gasteiger partial charge in [0.25, 0.3) is 0 Å². The summed E-state index contributed by atoms with van der Waals surface area (Å²) in [6.07, 6.45) is 0.312. The van der Waals surface area contributed by atoms with Crippen LogP contribution in [0.4, 0.5) is 8.78 Å². The molecule has 34 heavy (non-hydrogen) atoms. The summed E-state index contributed by atoms with van der Waals surface area (Å²) in [4.78, 5) is 14.0. The number of fused-ring (bicyclic) bond motifs is 1. The molecule has 0 spiro atoms. The fourth-order valence-corrected chi connectivity index (χ4v) is 4.71. The quantitative estimate of drug-likeness (QED) is 0.402. The first kappa shape index (κ1) is 24.1. The molecule has 180 valence electrons. The van der Waals surface area contributed by atoms with Gasteiger partial charge in [0.15, 0.2) is 0 Å². The van der Waals surface area contributed by atoms with Gasteiger partial charge in [-0.2, -0.15) is 5.26 Å². The summed E-state index contributed by atoms with van der Waals surface area (Å²) in [6, 6.07) is 13.6. The van der Waals surface area contributed by atoms with E-state index in [2.05, 4.69) is 10.2 Å². The second kappa shape index (κ2) is 10.9. The lowest BCUT2D eigenvalue weighted by atomic mass is 10.0. The summed E-state index contributed by atoms with van der Waals surface area (Å²) < 4.78 is 37.7. The molecular weight excluding hydrogens is 440 g/mol. The molecule has 4 atom stereocenters. The number of esters is 1. The van der Waals surface area contributed by atoms with Crippen LogP contribution in [0.25, 0.3) is 0 Å². The first-order chi connectivity index (χ1) is 16.5. The van der Waals surface area contributed by atoms with Gasteiger partial charge in [0.05, 0.1) is 12.7 Å². The predicted molar refractivity (Wildman–Crippen MR) is 122 cm³/mol. The zero-order valence-corrected chi connectivity index (χ0v) is 19.2. The molecule has 2 fully saturated rings. The highest BCUT2D eigenvalue weighted by Crippen LogP contribution is 2.45. The lowest BCUT2D eigenvalue weighted by molar-refractivity contribution is -0.145. The van der Waals surface area contributed by atoms with E-state index in [0.717, 1.165) is 37.0 Å². The number of nitriles is 1. The van der Waals surface area contributed by atoms with E-state index >= 15 is 0 Å². The molecule has 1 aliphatic heterocycles. The van der Waals surface area contributed by atoms with Crippen molar-refractivity contribution >= 4 is 5.97 Å². The van der Waals surface area contributed by atoms with E-state index in [1.54, 1.807) is 6.92 Å². The number of hydrogen-bond acceptors (Lipinski definition) is 6. The molecule has 2 aromatic carbocycles. The summed E-state index contributed by atoms with van der Waals surface area (Å²) in [5, 5.41) is 12.7. The Hall–Kier alpha value is -3.02. The van der Waals surface area contributed by atoms with Gasteiger partial charge in [0.1, 0.15) is 29.9 Å². The molecule has 1 saturated carbocycles. The summed E-state index contributed by atoms with van der Waals surface area (Å²) >= 11 is 0. The van der Waals surface area contributed by atoms with Crippen molar-refractivity contribution in [1.29, 1.82) is 5.26 Å². The zero-order chi connectivity index (χ0) is 24.1. The number of hydrogen-bond donors (Lipinski definition) is 1. The summed E-state index contributed by atoms with van der Waals surface area (Å²) in [6.45, 7) is 5.58. The van der Waals surface area contributed by atoms with E-state index in [-0.39, 0.29) is 6.61 Å². The van der Waals surface area contributed by atoms with Crippen molar-refractivity contribution in [2.45, 2.75) is 25.9 Å². The monoisotopic (exact) mass is 469 g/mol. The Balaban J connectivity index is 1.13. The minimum atomic E-state index is -0.806. The maximum Gasteiger partial charge on any atom is 0.323 e. The molecule has 6 nitrogen and oxygen atoms in total. The van der Waals surface area contributed by atoms with Gasteiger partial charge in [-0.1, -0.05) is 18.2 Å². The van der Waals surface area contributed by atoms with E-state index in [1.165, 1.54) is 12.1 Å². The Kier molecular flexibility index (Phi) is 7.76. The van der Waals surface area contributed by atoms with Crippen LogP contribution in [0.2, 0.25) is 0 Å². The first-order valence-electron chi connectivity index (χ1n) is 11.7. The van der Waals surface area contributed by atoms with Gasteiger partial charge >= 0.3 is 5.97 Å². The van der Waals surface area contributed by atoms with Crippen molar-refractivity contribution in [3.05, 3.63) is 65.2 Å². The van der Waals surface area contributed by atoms with Crippen LogP contribution < -0.4 is 10.1 Å². The van der Waals surface area contributed by atoms with Crippen LogP contribution in [0.15, 0.2) is 42.5 Å². The molecule has 1 saturated heterocycles. The molecule has 2 aromatic rings. The number of rotatable bonds is 11. The Labute approximate surface area is 198 Å². The molecule has 1 heterocycles. The smallest absolute Gasteiger partial charge is 0.323 e. The third kappa shape index (κ3) is 5.91. The summed E-state index contributed by atoms with van der Waals surface area (Å²) in [5.74, 6) is -0.463. The maximum absolute atomic E-state index is 13.9. The van der Waals surface area contributed by atoms with Gasteiger partial charge in [-0.25, -0.2) is 8.78 Å². The number of ether oxygens (including phenoxy) is 2. The number of carbonyl (C=O) groups is 1. The van der Waals surface area contributed by atoms with Crippen LogP contribution in [0, 0.1) is 40.7 Å². The van der Waals surface area contributed by atoms with E-state index in [1.807, 2.05) is 30.3 Å². The van der Waals surface area contributed by atoms with Crippen LogP contribution in [0.3, 0.4) is 0 Å². The van der Waals surface area contributed by atoms with E-state index in [0.29, 0.717) is 43.0 Å². The SMILES string of the molecule is CCOC(=O)[C@H](C#N)Cc1ccc(OCCN[C@H]2C3CN(Cc4ccc(F)cc4F)C[C@@H]32)cc1. The molecule has 4 rings (SSSR count). The Bertz CT molecular complexity index is 1030. The molecule has 0 bridgehead atoms. The minimum absolute atomic E-state index is 0.258. The Morgan fingerprint density at radius 1 is 1.21 bits per heavy atom. The fraction of sp³-hybridized carbons (Fsp3) is 0.462. The van der Waals surface area contributed by atoms with Crippen molar-refractivity contribution in [2.75, 3.05) is 32.8 Å². The van der Waals surface area contributed by atoms with Gasteiger partial charge < -0.3 is 14.8 Å². The lowest BCUT2D eigenvalue weighted by Crippen LogP contribution is -2.33. The van der Waals surface area contributed by atoms with Crippen LogP contribution >= 0.6 is 0 Å². The van der Waals surface area contributed by atoms with Gasteiger partial charge in [-0.15, -0.1) is 0 Å². The number of benzene rings is 2. The van der Waals surface area contributed by atoms with Crippen molar-refractivity contribution in [3.8, 4) is 11.8 Å². The van der Waals surface area contributed by atoms with Crippen molar-refractivity contribution < 1.29 is 23.0 Å². The standard InChI is InChI=1S/C26H29F2N3O3/c1-2-33-26(32)19(13-29)11-17-3-7-21(8-4-17)34-10-9-30-25-22-15-31(16-23(22)25)14-18-5-6-20(27)12-24(18)28/h3-8,12,19,22-23,25,30H,2,9-11,14-16H2,1H3/t19-,22-,23?,25+/m0/s1. The fourth-order valence-electron chi connectivity index (χ4n) is 4.71. The lowest BCUT2D eigenvalue weighted by Gasteiger charge is -2.20. The largest absolute Gasteiger partial charge is 0.492 e. The highest BCUT2D eigenvalue weighted by molar-refractivity contribution is 5.75. The Morgan fingerprint density at radius 2 is 1.94 bits per heavy atom. The zero-order valence-electron chi connectivity index (χ0n) is 19.2. The van der Waals surface area contributed by atoms with Crippen molar-refractivity contribution in [1.82, 2.24) is 10.2 Å². The van der Waals surface area contributed by atoms with E-state index in [4.69, 9.17) is 9.47 Å². The maximum atomic E-state index is 13.9. The van der Waals surface area contributed by atoms with Crippen molar-refractivity contribution in [2.24, 2.45) is 17.8 Å². The van der Waals surface area contributed by atoms with Gasteiger partial charge in [0, 0.05) is 43.9 Å². The molecule has 8 heteroatoms. The number of piperidine rings is 1. The van der Waals surface area contributed by atoms with Gasteiger partial charge in [-0.05, 0) is 48.9 Å². The van der Waals surface area contributed by atoms with Crippen LogP contribution in [-0.4, -0.2) is 49.8 Å². The second-order valence-electron chi connectivity index (χ2n) is 8.87. The second-order valence-corrected chi connectivity index (χ2v) is 8.87. The molecule has 0 aromatic heterocycles. The average Bonchev–Trinajstić information content (AvgIpc) is 3.27. The number of halogens is 2. The van der Waals surface area contributed by atoms with Crippen LogP contribution in [0.5, 0.6) is 5.75 Å². The van der Waals surface area contributed by atoms with Gasteiger partial charge in [0.2, 0.25) is 0 Å². The van der Waals surface area contributed by atoms with Gasteiger partial charge in [-0.3, -0.25) is 9.69 Å². The van der Waals surface area contributed by atoms with Crippen molar-refractivity contribution in [3.63, 3.8) is 0 Å². The molecule has 0 amide bonds. The molecular formula is C26H29F2N3O3. The predicted octanol–water partition coefficient (Wildman–Crippen LogP) is 3.31. The number of likely N-dealkylation sites (tertiary alicyclic amines) is 1. The molecule has 1 unspecified atom stereocenters. The Morgan fingerprint density at radius 3 is 2.59 bits per heavy atom. The average molecular weight is 470 g/mol. The van der Waals surface area contributed by atoms with Crippen LogP contribution in [0.1, 0.15) is 18.1 Å². The van der Waals surface area contributed by atoms with E-state index in [9.17, 15) is 18.8 Å². The minimum Gasteiger partial charge on any atom is -0.492 e. The topological polar surface area (TPSA) is 74.6 Å². The molecule has 1 N–H and O–H groups in total. The summed E-state index contributed by atoms with van der Waals surface area (Å²) in [7, 11) is 0. The molecule has 2 aliphatic rings. The number of nitrogens with zero attached hydrogens (tertiary/aromatic N) is 2. The summed E-state index contributed by atoms with van der Waals surface area (Å²) in [5.41, 5.74) is 1.41. The third-order valence-electron chi connectivity index (χ3n) is 6.52. The van der Waals surface area contributed by atoms with E-state index < -0.39 is 23.5 Å². The highest BCUT2D eigenvalue weighted by atomic mass is 19.1. The third-order valence-corrected chi connectivity index (χ3v) is 6.52. The first-order valence-corrected chi connectivity index (χ1v) is 11.7. The molecule has 1 aliphatic carbocycles. The number of carbonyl (C=O) groups excluding carboxylic acids is 1. The highest BCUT2D eigenvalue weighted by Gasteiger charge is 2.55. The number of nitrogens with one attached hydrogen (secondary N) is 1. The van der Waals surface area contributed by atoms with Crippen LogP contribution in [-0.2, 0) is 22.5 Å². The molecule has 0 radical (unpaired) electrons. The normalized spacial score (nSPS) is 22.0.